The highest BCUT2D eigenvalue weighted by Gasteiger charge is 2.18. The molecule has 0 bridgehead atoms. The number of benzene rings is 1. The number of para-hydroxylation sites is 1. The van der Waals surface area contributed by atoms with Gasteiger partial charge in [-0.05, 0) is 40.4 Å². The van der Waals surface area contributed by atoms with Crippen LogP contribution < -0.4 is 15.4 Å². The number of hydrogen-bond acceptors (Lipinski definition) is 5. The third-order valence-corrected chi connectivity index (χ3v) is 5.17. The molecule has 0 amide bonds. The van der Waals surface area contributed by atoms with Gasteiger partial charge < -0.3 is 20.3 Å². The predicted molar refractivity (Wildman–Crippen MR) is 128 cm³/mol. The van der Waals surface area contributed by atoms with Crippen LogP contribution in [0.1, 0.15) is 31.9 Å². The summed E-state index contributed by atoms with van der Waals surface area (Å²) < 4.78 is 28.2. The number of hydrogen-bond donors (Lipinski definition) is 2. The molecule has 0 aliphatic heterocycles. The van der Waals surface area contributed by atoms with Crippen LogP contribution in [0.15, 0.2) is 29.3 Å². The van der Waals surface area contributed by atoms with E-state index in [4.69, 9.17) is 9.73 Å². The second kappa shape index (κ2) is 13.2. The predicted octanol–water partition coefficient (Wildman–Crippen LogP) is 2.29. The third-order valence-electron chi connectivity index (χ3n) is 4.19. The van der Waals surface area contributed by atoms with E-state index in [9.17, 15) is 8.42 Å². The smallest absolute Gasteiger partial charge is 0.191 e. The summed E-state index contributed by atoms with van der Waals surface area (Å²) in [5, 5.41) is 6.51. The lowest BCUT2D eigenvalue weighted by Gasteiger charge is -2.25. The highest BCUT2D eigenvalue weighted by Crippen LogP contribution is 2.28. The summed E-state index contributed by atoms with van der Waals surface area (Å²) in [4.78, 5) is 6.83. The molecule has 0 aliphatic rings. The quantitative estimate of drug-likeness (QED) is 0.277. The summed E-state index contributed by atoms with van der Waals surface area (Å²) in [7, 11) is 2.73. The molecule has 0 saturated carbocycles. The van der Waals surface area contributed by atoms with Gasteiger partial charge in [0.05, 0.1) is 25.4 Å². The Labute approximate surface area is 187 Å². The van der Waals surface area contributed by atoms with Crippen LogP contribution in [0.25, 0.3) is 0 Å². The summed E-state index contributed by atoms with van der Waals surface area (Å²) in [5.74, 6) is 1.67. The maximum atomic E-state index is 11.4. The average molecular weight is 526 g/mol. The van der Waals surface area contributed by atoms with Crippen molar-refractivity contribution >= 4 is 39.8 Å². The molecule has 0 spiro atoms. The Bertz CT molecular complexity index is 711. The van der Waals surface area contributed by atoms with E-state index in [-0.39, 0.29) is 41.8 Å². The van der Waals surface area contributed by atoms with Crippen molar-refractivity contribution in [3.63, 3.8) is 0 Å². The number of nitrogens with one attached hydrogen (secondary N) is 2. The molecule has 9 heteroatoms. The van der Waals surface area contributed by atoms with E-state index < -0.39 is 9.84 Å². The maximum absolute atomic E-state index is 11.4. The number of rotatable bonds is 10. The minimum atomic E-state index is -2.97. The highest BCUT2D eigenvalue weighted by atomic mass is 127. The molecule has 0 radical (unpaired) electrons. The molecule has 2 unspecified atom stereocenters. The van der Waals surface area contributed by atoms with Gasteiger partial charge in [-0.15, -0.1) is 24.0 Å². The third kappa shape index (κ3) is 9.92. The Kier molecular flexibility index (Phi) is 12.7. The molecule has 0 fully saturated rings. The zero-order valence-electron chi connectivity index (χ0n) is 17.7. The van der Waals surface area contributed by atoms with Gasteiger partial charge in [-0.3, -0.25) is 4.99 Å². The van der Waals surface area contributed by atoms with Gasteiger partial charge in [0, 0.05) is 24.4 Å². The molecule has 1 aromatic carbocycles. The van der Waals surface area contributed by atoms with E-state index in [2.05, 4.69) is 15.5 Å². The summed E-state index contributed by atoms with van der Waals surface area (Å²) >= 11 is 0. The first-order chi connectivity index (χ1) is 12.7. The minimum absolute atomic E-state index is 0. The van der Waals surface area contributed by atoms with Gasteiger partial charge >= 0.3 is 0 Å². The van der Waals surface area contributed by atoms with Gasteiger partial charge in [-0.25, -0.2) is 8.42 Å². The van der Waals surface area contributed by atoms with Gasteiger partial charge in [-0.2, -0.15) is 0 Å². The zero-order valence-corrected chi connectivity index (χ0v) is 20.9. The molecule has 162 valence electrons. The second-order valence-electron chi connectivity index (χ2n) is 6.90. The number of methoxy groups -OCH3 is 1. The van der Waals surface area contributed by atoms with Gasteiger partial charge in [-0.1, -0.05) is 18.2 Å². The van der Waals surface area contributed by atoms with Crippen LogP contribution in [0.5, 0.6) is 5.75 Å². The van der Waals surface area contributed by atoms with Crippen LogP contribution in [0, 0.1) is 0 Å². The molecule has 0 aromatic heterocycles. The normalized spacial score (nSPS) is 14.2. The SMILES string of the molecule is CCNC(=NCC(c1ccccc1OC)N(C)C)NC(C)CCS(C)(=O)=O.I. The maximum Gasteiger partial charge on any atom is 0.191 e. The molecule has 0 heterocycles. The molecule has 0 aliphatic carbocycles. The number of nitrogens with zero attached hydrogens (tertiary/aromatic N) is 2. The summed E-state index contributed by atoms with van der Waals surface area (Å²) in [6, 6.07) is 8.01. The number of likely N-dealkylation sites (N-methyl/N-ethyl adjacent to an activating group) is 1. The zero-order chi connectivity index (χ0) is 20.4. The van der Waals surface area contributed by atoms with Crippen molar-refractivity contribution in [3.05, 3.63) is 29.8 Å². The molecule has 2 atom stereocenters. The van der Waals surface area contributed by atoms with E-state index in [0.717, 1.165) is 17.9 Å². The number of halogens is 1. The second-order valence-corrected chi connectivity index (χ2v) is 9.16. The van der Waals surface area contributed by atoms with Crippen molar-refractivity contribution in [1.29, 1.82) is 0 Å². The van der Waals surface area contributed by atoms with Crippen molar-refractivity contribution in [2.24, 2.45) is 4.99 Å². The van der Waals surface area contributed by atoms with Crippen LogP contribution in [-0.4, -0.2) is 71.6 Å². The Morgan fingerprint density at radius 2 is 1.93 bits per heavy atom. The van der Waals surface area contributed by atoms with Gasteiger partial charge in [0.25, 0.3) is 0 Å². The van der Waals surface area contributed by atoms with E-state index >= 15 is 0 Å². The van der Waals surface area contributed by atoms with Crippen LogP contribution in [-0.2, 0) is 9.84 Å². The summed E-state index contributed by atoms with van der Waals surface area (Å²) in [6.07, 6.45) is 1.79. The fraction of sp³-hybridized carbons (Fsp3) is 0.632. The number of guanidine groups is 1. The molecule has 1 aromatic rings. The van der Waals surface area contributed by atoms with Crippen LogP contribution in [0.3, 0.4) is 0 Å². The molecular weight excluding hydrogens is 491 g/mol. The first-order valence-electron chi connectivity index (χ1n) is 9.19. The van der Waals surface area contributed by atoms with Crippen molar-refractivity contribution in [2.45, 2.75) is 32.4 Å². The number of ether oxygens (including phenoxy) is 1. The topological polar surface area (TPSA) is 83.0 Å². The first kappa shape index (κ1) is 26.9. The van der Waals surface area contributed by atoms with E-state index in [1.807, 2.05) is 52.2 Å². The Balaban J connectivity index is 0.00000729. The molecule has 28 heavy (non-hydrogen) atoms. The van der Waals surface area contributed by atoms with Crippen LogP contribution >= 0.6 is 24.0 Å². The van der Waals surface area contributed by atoms with Crippen molar-refractivity contribution in [3.8, 4) is 5.75 Å². The molecule has 1 rings (SSSR count). The lowest BCUT2D eigenvalue weighted by molar-refractivity contribution is 0.295. The monoisotopic (exact) mass is 526 g/mol. The summed E-state index contributed by atoms with van der Waals surface area (Å²) in [5.41, 5.74) is 1.08. The number of sulfone groups is 1. The van der Waals surface area contributed by atoms with E-state index in [1.165, 1.54) is 6.26 Å². The molecule has 7 nitrogen and oxygen atoms in total. The molecule has 0 saturated heterocycles. The molecule has 2 N–H and O–H groups in total. The van der Waals surface area contributed by atoms with Gasteiger partial charge in [0.15, 0.2) is 5.96 Å². The van der Waals surface area contributed by atoms with E-state index in [0.29, 0.717) is 18.9 Å². The first-order valence-corrected chi connectivity index (χ1v) is 11.3. The Morgan fingerprint density at radius 3 is 2.46 bits per heavy atom. The van der Waals surface area contributed by atoms with Crippen molar-refractivity contribution < 1.29 is 13.2 Å². The average Bonchev–Trinajstić information content (AvgIpc) is 2.59. The van der Waals surface area contributed by atoms with Crippen molar-refractivity contribution in [2.75, 3.05) is 46.3 Å². The highest BCUT2D eigenvalue weighted by molar-refractivity contribution is 14.0. The molecular formula is C19H35IN4O3S. The lowest BCUT2D eigenvalue weighted by Crippen LogP contribution is -2.43. The fourth-order valence-electron chi connectivity index (χ4n) is 2.68. The fourth-order valence-corrected chi connectivity index (χ4v) is 3.46. The Morgan fingerprint density at radius 1 is 1.29 bits per heavy atom. The summed E-state index contributed by atoms with van der Waals surface area (Å²) in [6.45, 7) is 5.23. The largest absolute Gasteiger partial charge is 0.496 e. The van der Waals surface area contributed by atoms with Crippen molar-refractivity contribution in [1.82, 2.24) is 15.5 Å². The standard InChI is InChI=1S/C19H34N4O3S.HI/c1-7-20-19(22-15(2)12-13-27(6,24)25)21-14-17(23(3)4)16-10-8-9-11-18(16)26-5;/h8-11,15,17H,7,12-14H2,1-6H3,(H2,20,21,22);1H. The van der Waals surface area contributed by atoms with Crippen LogP contribution in [0.4, 0.5) is 0 Å². The Hall–Kier alpha value is -1.07. The van der Waals surface area contributed by atoms with Gasteiger partial charge in [0.1, 0.15) is 15.6 Å². The van der Waals surface area contributed by atoms with Crippen LogP contribution in [0.2, 0.25) is 0 Å². The lowest BCUT2D eigenvalue weighted by atomic mass is 10.0. The minimum Gasteiger partial charge on any atom is -0.496 e. The van der Waals surface area contributed by atoms with Gasteiger partial charge in [0.2, 0.25) is 0 Å². The number of aliphatic imine (C=N–C) groups is 1. The van der Waals surface area contributed by atoms with E-state index in [1.54, 1.807) is 7.11 Å².